The number of ether oxygens (including phenoxy) is 1. The summed E-state index contributed by atoms with van der Waals surface area (Å²) in [5, 5.41) is 12.9. The number of esters is 1. The first-order valence-electron chi connectivity index (χ1n) is 5.65. The lowest BCUT2D eigenvalue weighted by Gasteiger charge is -2.26. The van der Waals surface area contributed by atoms with Gasteiger partial charge in [0.25, 0.3) is 0 Å². The number of rotatable bonds is 4. The van der Waals surface area contributed by atoms with Crippen LogP contribution in [0.15, 0.2) is 23.7 Å². The summed E-state index contributed by atoms with van der Waals surface area (Å²) < 4.78 is 6.86. The zero-order valence-electron chi connectivity index (χ0n) is 9.57. The maximum Gasteiger partial charge on any atom is 0.360 e. The van der Waals surface area contributed by atoms with Crippen molar-refractivity contribution in [2.75, 3.05) is 13.1 Å². The highest BCUT2D eigenvalue weighted by Gasteiger charge is 2.22. The molecule has 0 amide bonds. The van der Waals surface area contributed by atoms with Gasteiger partial charge in [-0.2, -0.15) is 0 Å². The summed E-state index contributed by atoms with van der Waals surface area (Å²) in [5.74, 6) is -0.429. The fourth-order valence-corrected chi connectivity index (χ4v) is 2.23. The second-order valence-corrected chi connectivity index (χ2v) is 5.08. The van der Waals surface area contributed by atoms with Gasteiger partial charge in [-0.15, -0.1) is 16.4 Å². The van der Waals surface area contributed by atoms with Crippen molar-refractivity contribution in [1.82, 2.24) is 20.3 Å². The smallest absolute Gasteiger partial charge is 0.360 e. The maximum atomic E-state index is 11.7. The Kier molecular flexibility index (Phi) is 3.07. The maximum absolute atomic E-state index is 11.7. The van der Waals surface area contributed by atoms with Crippen molar-refractivity contribution in [3.05, 3.63) is 34.3 Å². The highest BCUT2D eigenvalue weighted by atomic mass is 32.1. The molecule has 0 atom stereocenters. The van der Waals surface area contributed by atoms with Crippen LogP contribution in [0.5, 0.6) is 0 Å². The van der Waals surface area contributed by atoms with Crippen molar-refractivity contribution in [1.29, 1.82) is 0 Å². The van der Waals surface area contributed by atoms with E-state index < -0.39 is 5.97 Å². The molecule has 0 aromatic carbocycles. The molecule has 0 spiro atoms. The molecule has 1 fully saturated rings. The van der Waals surface area contributed by atoms with Crippen LogP contribution in [0.25, 0.3) is 0 Å². The molecule has 7 heteroatoms. The van der Waals surface area contributed by atoms with Crippen molar-refractivity contribution < 1.29 is 9.53 Å². The predicted octanol–water partition coefficient (Wildman–Crippen LogP) is 0.841. The minimum Gasteiger partial charge on any atom is -0.455 e. The number of carbonyl (C=O) groups is 1. The normalized spacial score (nSPS) is 15.3. The first-order chi connectivity index (χ1) is 8.83. The van der Waals surface area contributed by atoms with E-state index in [0.717, 1.165) is 18.0 Å². The van der Waals surface area contributed by atoms with Crippen LogP contribution in [0.2, 0.25) is 0 Å². The Labute approximate surface area is 108 Å². The molecule has 2 aromatic heterocycles. The summed E-state index contributed by atoms with van der Waals surface area (Å²) >= 11 is 1.56. The van der Waals surface area contributed by atoms with Crippen molar-refractivity contribution in [3.8, 4) is 0 Å². The zero-order valence-corrected chi connectivity index (χ0v) is 10.4. The molecule has 3 heterocycles. The molecule has 1 aliphatic heterocycles. The highest BCUT2D eigenvalue weighted by Crippen LogP contribution is 2.12. The monoisotopic (exact) mass is 264 g/mol. The number of hydrogen-bond acceptors (Lipinski definition) is 6. The van der Waals surface area contributed by atoms with Crippen LogP contribution in [0, 0.1) is 0 Å². The Hall–Kier alpha value is -1.73. The van der Waals surface area contributed by atoms with Gasteiger partial charge in [-0.05, 0) is 11.4 Å². The molecule has 1 aliphatic rings. The summed E-state index contributed by atoms with van der Waals surface area (Å²) in [4.78, 5) is 12.7. The fourth-order valence-electron chi connectivity index (χ4n) is 1.61. The standard InChI is InChI=1S/C11H12N4O2S/c16-11(17-7-9-2-1-3-18-9)10-6-15(14-13-10)8-4-12-5-8/h1-3,6,8,12H,4-5,7H2. The van der Waals surface area contributed by atoms with Crippen LogP contribution in [-0.4, -0.2) is 34.1 Å². The number of aromatic nitrogens is 3. The molecule has 3 rings (SSSR count). The van der Waals surface area contributed by atoms with Gasteiger partial charge in [0.1, 0.15) is 6.61 Å². The van der Waals surface area contributed by atoms with Crippen LogP contribution in [-0.2, 0) is 11.3 Å². The van der Waals surface area contributed by atoms with Gasteiger partial charge in [0.05, 0.1) is 12.2 Å². The summed E-state index contributed by atoms with van der Waals surface area (Å²) in [5.41, 5.74) is 0.262. The van der Waals surface area contributed by atoms with Crippen LogP contribution >= 0.6 is 11.3 Å². The molecule has 0 bridgehead atoms. The number of nitrogens with zero attached hydrogens (tertiary/aromatic N) is 3. The molecular formula is C11H12N4O2S. The Morgan fingerprint density at radius 3 is 3.17 bits per heavy atom. The molecule has 2 aromatic rings. The zero-order chi connectivity index (χ0) is 12.4. The third kappa shape index (κ3) is 2.27. The number of hydrogen-bond donors (Lipinski definition) is 1. The van der Waals surface area contributed by atoms with Gasteiger partial charge in [-0.25, -0.2) is 9.48 Å². The molecular weight excluding hydrogens is 252 g/mol. The van der Waals surface area contributed by atoms with E-state index in [2.05, 4.69) is 15.6 Å². The molecule has 18 heavy (non-hydrogen) atoms. The second kappa shape index (κ2) is 4.87. The van der Waals surface area contributed by atoms with E-state index in [-0.39, 0.29) is 12.3 Å². The quantitative estimate of drug-likeness (QED) is 0.829. The Morgan fingerprint density at radius 1 is 1.61 bits per heavy atom. The van der Waals surface area contributed by atoms with Gasteiger partial charge in [0.2, 0.25) is 0 Å². The molecule has 0 unspecified atom stereocenters. The lowest BCUT2D eigenvalue weighted by molar-refractivity contribution is 0.0469. The van der Waals surface area contributed by atoms with E-state index >= 15 is 0 Å². The van der Waals surface area contributed by atoms with Crippen LogP contribution in [0.3, 0.4) is 0 Å². The number of carbonyl (C=O) groups excluding carboxylic acids is 1. The van der Waals surface area contributed by atoms with Crippen molar-refractivity contribution >= 4 is 17.3 Å². The highest BCUT2D eigenvalue weighted by molar-refractivity contribution is 7.09. The summed E-state index contributed by atoms with van der Waals surface area (Å²) in [6, 6.07) is 4.15. The second-order valence-electron chi connectivity index (χ2n) is 4.05. The predicted molar refractivity (Wildman–Crippen MR) is 65.4 cm³/mol. The topological polar surface area (TPSA) is 69.0 Å². The van der Waals surface area contributed by atoms with Gasteiger partial charge in [0, 0.05) is 18.0 Å². The van der Waals surface area contributed by atoms with Gasteiger partial charge in [-0.1, -0.05) is 11.3 Å². The molecule has 1 N–H and O–H groups in total. The van der Waals surface area contributed by atoms with E-state index in [4.69, 9.17) is 4.74 Å². The Morgan fingerprint density at radius 2 is 2.50 bits per heavy atom. The molecule has 6 nitrogen and oxygen atoms in total. The Balaban J connectivity index is 1.59. The molecule has 0 saturated carbocycles. The van der Waals surface area contributed by atoms with Crippen molar-refractivity contribution in [2.24, 2.45) is 0 Å². The molecule has 94 valence electrons. The van der Waals surface area contributed by atoms with Crippen LogP contribution in [0.1, 0.15) is 21.4 Å². The van der Waals surface area contributed by atoms with Gasteiger partial charge in [-0.3, -0.25) is 0 Å². The van der Waals surface area contributed by atoms with E-state index in [1.807, 2.05) is 17.5 Å². The third-order valence-corrected chi connectivity index (χ3v) is 3.63. The molecule has 0 aliphatic carbocycles. The minimum absolute atomic E-state index is 0.262. The van der Waals surface area contributed by atoms with Gasteiger partial charge in [0.15, 0.2) is 5.69 Å². The van der Waals surface area contributed by atoms with Crippen LogP contribution in [0.4, 0.5) is 0 Å². The van der Waals surface area contributed by atoms with E-state index in [0.29, 0.717) is 6.04 Å². The van der Waals surface area contributed by atoms with Gasteiger partial charge >= 0.3 is 5.97 Å². The molecule has 0 radical (unpaired) electrons. The first kappa shape index (κ1) is 11.4. The van der Waals surface area contributed by atoms with Gasteiger partial charge < -0.3 is 10.1 Å². The lowest BCUT2D eigenvalue weighted by Crippen LogP contribution is -2.43. The Bertz CT molecular complexity index is 533. The average Bonchev–Trinajstić information content (AvgIpc) is 2.94. The van der Waals surface area contributed by atoms with Crippen molar-refractivity contribution in [3.63, 3.8) is 0 Å². The summed E-state index contributed by atoms with van der Waals surface area (Å²) in [7, 11) is 0. The van der Waals surface area contributed by atoms with E-state index in [9.17, 15) is 4.79 Å². The van der Waals surface area contributed by atoms with E-state index in [1.54, 1.807) is 22.2 Å². The third-order valence-electron chi connectivity index (χ3n) is 2.78. The summed E-state index contributed by atoms with van der Waals surface area (Å²) in [6.45, 7) is 2.02. The first-order valence-corrected chi connectivity index (χ1v) is 6.53. The van der Waals surface area contributed by atoms with Crippen LogP contribution < -0.4 is 5.32 Å². The van der Waals surface area contributed by atoms with E-state index in [1.165, 1.54) is 0 Å². The number of nitrogens with one attached hydrogen (secondary N) is 1. The minimum atomic E-state index is -0.429. The SMILES string of the molecule is O=C(OCc1cccs1)c1cn(C2CNC2)nn1. The van der Waals surface area contributed by atoms with Crippen molar-refractivity contribution in [2.45, 2.75) is 12.6 Å². The average molecular weight is 264 g/mol. The fraction of sp³-hybridized carbons (Fsp3) is 0.364. The lowest BCUT2D eigenvalue weighted by atomic mass is 10.2. The number of thiophene rings is 1. The largest absolute Gasteiger partial charge is 0.455 e. The molecule has 1 saturated heterocycles. The summed E-state index contributed by atoms with van der Waals surface area (Å²) in [6.07, 6.45) is 1.64.